The van der Waals surface area contributed by atoms with Gasteiger partial charge in [-0.05, 0) is 50.5 Å². The third-order valence-corrected chi connectivity index (χ3v) is 6.06. The zero-order valence-electron chi connectivity index (χ0n) is 13.8. The minimum absolute atomic E-state index is 0.0174. The average molecular weight is 331 g/mol. The van der Waals surface area contributed by atoms with E-state index in [2.05, 4.69) is 5.32 Å². The fourth-order valence-electron chi connectivity index (χ4n) is 4.25. The predicted octanol–water partition coefficient (Wildman–Crippen LogP) is 2.13. The van der Waals surface area contributed by atoms with Crippen LogP contribution >= 0.6 is 0 Å². The number of rotatable bonds is 6. The van der Waals surface area contributed by atoms with Crippen LogP contribution in [0.1, 0.15) is 44.1 Å². The number of fused-ring (bicyclic) bond motifs is 3. The van der Waals surface area contributed by atoms with Crippen LogP contribution in [0.15, 0.2) is 30.3 Å². The van der Waals surface area contributed by atoms with Gasteiger partial charge >= 0.3 is 5.97 Å². The molecule has 1 atom stereocenters. The van der Waals surface area contributed by atoms with Crippen LogP contribution in [0.5, 0.6) is 0 Å². The van der Waals surface area contributed by atoms with E-state index in [4.69, 9.17) is 0 Å². The molecule has 0 saturated heterocycles. The van der Waals surface area contributed by atoms with Gasteiger partial charge in [-0.15, -0.1) is 0 Å². The summed E-state index contributed by atoms with van der Waals surface area (Å²) in [4.78, 5) is 24.3. The van der Waals surface area contributed by atoms with Gasteiger partial charge < -0.3 is 15.5 Å². The molecule has 5 heteroatoms. The van der Waals surface area contributed by atoms with Crippen molar-refractivity contribution in [2.75, 3.05) is 6.61 Å². The van der Waals surface area contributed by atoms with E-state index in [1.807, 2.05) is 30.3 Å². The van der Waals surface area contributed by atoms with Gasteiger partial charge in [-0.3, -0.25) is 9.59 Å². The highest BCUT2D eigenvalue weighted by atomic mass is 16.4. The summed E-state index contributed by atoms with van der Waals surface area (Å²) >= 11 is 0. The number of carboxylic acid groups (broad SMARTS) is 1. The number of aliphatic hydroxyl groups excluding tert-OH is 1. The molecular formula is C19H25NO4. The van der Waals surface area contributed by atoms with Gasteiger partial charge in [0.2, 0.25) is 5.91 Å². The number of carboxylic acids is 1. The van der Waals surface area contributed by atoms with Crippen LogP contribution in [0.3, 0.4) is 0 Å². The Kier molecular flexibility index (Phi) is 4.63. The van der Waals surface area contributed by atoms with Crippen LogP contribution in [0.25, 0.3) is 0 Å². The molecule has 24 heavy (non-hydrogen) atoms. The summed E-state index contributed by atoms with van der Waals surface area (Å²) in [5.41, 5.74) is 0.0237. The standard InChI is InChI=1S/C19H25NO4/c21-13-15(12-14-4-2-1-3-5-14)20-16(22)18-6-9-19(10-7-18,11-8-18)17(23)24/h1-5,15,21H,6-13H2,(H,20,22)(H,23,24). The second-order valence-electron chi connectivity index (χ2n) is 7.41. The van der Waals surface area contributed by atoms with Crippen LogP contribution in [0, 0.1) is 10.8 Å². The van der Waals surface area contributed by atoms with E-state index in [0.29, 0.717) is 44.9 Å². The number of carbonyl (C=O) groups is 2. The normalized spacial score (nSPS) is 29.9. The van der Waals surface area contributed by atoms with Crippen LogP contribution in [0.2, 0.25) is 0 Å². The van der Waals surface area contributed by atoms with Gasteiger partial charge in [0.05, 0.1) is 18.1 Å². The SMILES string of the molecule is O=C(O)C12CCC(C(=O)NC(CO)Cc3ccccc3)(CC1)CC2. The van der Waals surface area contributed by atoms with Gasteiger partial charge in [0.1, 0.15) is 0 Å². The minimum Gasteiger partial charge on any atom is -0.481 e. The van der Waals surface area contributed by atoms with Crippen LogP contribution < -0.4 is 5.32 Å². The van der Waals surface area contributed by atoms with Crippen LogP contribution in [0.4, 0.5) is 0 Å². The van der Waals surface area contributed by atoms with Gasteiger partial charge in [0.15, 0.2) is 0 Å². The zero-order valence-corrected chi connectivity index (χ0v) is 13.8. The summed E-state index contributed by atoms with van der Waals surface area (Å²) in [6, 6.07) is 9.48. The first-order valence-electron chi connectivity index (χ1n) is 8.69. The lowest BCUT2D eigenvalue weighted by molar-refractivity contribution is -0.163. The van der Waals surface area contributed by atoms with Crippen molar-refractivity contribution in [2.45, 2.75) is 51.0 Å². The number of hydrogen-bond donors (Lipinski definition) is 3. The fourth-order valence-corrected chi connectivity index (χ4v) is 4.25. The van der Waals surface area contributed by atoms with Crippen molar-refractivity contribution in [3.63, 3.8) is 0 Å². The van der Waals surface area contributed by atoms with E-state index in [1.165, 1.54) is 0 Å². The molecule has 3 aliphatic rings. The molecule has 1 amide bonds. The molecule has 130 valence electrons. The van der Waals surface area contributed by atoms with E-state index in [1.54, 1.807) is 0 Å². The first-order valence-corrected chi connectivity index (χ1v) is 8.69. The molecule has 2 bridgehead atoms. The molecule has 0 radical (unpaired) electrons. The Morgan fingerprint density at radius 3 is 2.04 bits per heavy atom. The number of carbonyl (C=O) groups excluding carboxylic acids is 1. The van der Waals surface area contributed by atoms with Gasteiger partial charge in [0.25, 0.3) is 0 Å². The third-order valence-electron chi connectivity index (χ3n) is 6.06. The van der Waals surface area contributed by atoms with Crippen molar-refractivity contribution < 1.29 is 19.8 Å². The van der Waals surface area contributed by atoms with E-state index in [0.717, 1.165) is 5.56 Å². The van der Waals surface area contributed by atoms with Crippen molar-refractivity contribution >= 4 is 11.9 Å². The second-order valence-corrected chi connectivity index (χ2v) is 7.41. The lowest BCUT2D eigenvalue weighted by atomic mass is 9.53. The van der Waals surface area contributed by atoms with E-state index >= 15 is 0 Å². The summed E-state index contributed by atoms with van der Waals surface area (Å²) in [5.74, 6) is -0.732. The topological polar surface area (TPSA) is 86.6 Å². The third kappa shape index (κ3) is 3.05. The molecule has 0 aromatic heterocycles. The Hall–Kier alpha value is -1.88. The van der Waals surface area contributed by atoms with Crippen molar-refractivity contribution in [3.05, 3.63) is 35.9 Å². The largest absolute Gasteiger partial charge is 0.481 e. The molecule has 5 nitrogen and oxygen atoms in total. The summed E-state index contributed by atoms with van der Waals surface area (Å²) in [7, 11) is 0. The maximum atomic E-state index is 12.8. The lowest BCUT2D eigenvalue weighted by Gasteiger charge is -2.50. The quantitative estimate of drug-likeness (QED) is 0.745. The molecular weight excluding hydrogens is 306 g/mol. The molecule has 3 saturated carbocycles. The van der Waals surface area contributed by atoms with Crippen molar-refractivity contribution in [1.82, 2.24) is 5.32 Å². The average Bonchev–Trinajstić information content (AvgIpc) is 2.63. The number of aliphatic carboxylic acids is 1. The van der Waals surface area contributed by atoms with Gasteiger partial charge in [-0.2, -0.15) is 0 Å². The summed E-state index contributed by atoms with van der Waals surface area (Å²) in [5, 5.41) is 22.1. The summed E-state index contributed by atoms with van der Waals surface area (Å²) < 4.78 is 0. The van der Waals surface area contributed by atoms with Crippen molar-refractivity contribution in [1.29, 1.82) is 0 Å². The minimum atomic E-state index is -0.714. The Morgan fingerprint density at radius 1 is 1.00 bits per heavy atom. The highest BCUT2D eigenvalue weighted by Crippen LogP contribution is 2.57. The zero-order chi connectivity index (χ0) is 17.2. The Labute approximate surface area is 142 Å². The Morgan fingerprint density at radius 2 is 1.54 bits per heavy atom. The summed E-state index contributed by atoms with van der Waals surface area (Å²) in [6.07, 6.45) is 4.24. The molecule has 3 aliphatic carbocycles. The number of amides is 1. The molecule has 0 heterocycles. The number of hydrogen-bond acceptors (Lipinski definition) is 3. The highest BCUT2D eigenvalue weighted by molar-refractivity contribution is 5.85. The van der Waals surface area contributed by atoms with Crippen molar-refractivity contribution in [3.8, 4) is 0 Å². The molecule has 0 spiro atoms. The number of benzene rings is 1. The number of aliphatic hydroxyl groups is 1. The van der Waals surface area contributed by atoms with E-state index < -0.39 is 16.8 Å². The van der Waals surface area contributed by atoms with Crippen LogP contribution in [-0.2, 0) is 16.0 Å². The van der Waals surface area contributed by atoms with Crippen LogP contribution in [-0.4, -0.2) is 34.7 Å². The molecule has 4 rings (SSSR count). The molecule has 1 aromatic carbocycles. The van der Waals surface area contributed by atoms with E-state index in [-0.39, 0.29) is 18.6 Å². The summed E-state index contributed by atoms with van der Waals surface area (Å²) in [6.45, 7) is -0.101. The van der Waals surface area contributed by atoms with Crippen molar-refractivity contribution in [2.24, 2.45) is 10.8 Å². The maximum Gasteiger partial charge on any atom is 0.309 e. The first-order chi connectivity index (χ1) is 11.5. The smallest absolute Gasteiger partial charge is 0.309 e. The maximum absolute atomic E-state index is 12.8. The van der Waals surface area contributed by atoms with Gasteiger partial charge in [0, 0.05) is 5.41 Å². The predicted molar refractivity (Wildman–Crippen MR) is 89.4 cm³/mol. The lowest BCUT2D eigenvalue weighted by Crippen LogP contribution is -2.54. The monoisotopic (exact) mass is 331 g/mol. The van der Waals surface area contributed by atoms with E-state index in [9.17, 15) is 19.8 Å². The van der Waals surface area contributed by atoms with Gasteiger partial charge in [-0.25, -0.2) is 0 Å². The molecule has 1 aromatic rings. The molecule has 1 unspecified atom stereocenters. The molecule has 3 fully saturated rings. The first kappa shape index (κ1) is 17.0. The second kappa shape index (κ2) is 6.55. The highest BCUT2D eigenvalue weighted by Gasteiger charge is 2.55. The number of nitrogens with one attached hydrogen (secondary N) is 1. The fraction of sp³-hybridized carbons (Fsp3) is 0.579. The van der Waals surface area contributed by atoms with Gasteiger partial charge in [-0.1, -0.05) is 30.3 Å². The Bertz CT molecular complexity index is 589. The molecule has 0 aliphatic heterocycles. The Balaban J connectivity index is 1.63. The molecule has 3 N–H and O–H groups in total.